The lowest BCUT2D eigenvalue weighted by molar-refractivity contribution is 0.321. The number of hydrogen-bond acceptors (Lipinski definition) is 3. The van der Waals surface area contributed by atoms with E-state index in [1.807, 2.05) is 24.3 Å². The molecule has 1 aromatic heterocycles. The van der Waals surface area contributed by atoms with Gasteiger partial charge in [-0.2, -0.15) is 0 Å². The molecule has 0 bridgehead atoms. The molecule has 0 unspecified atom stereocenters. The Bertz CT molecular complexity index is 550. The Kier molecular flexibility index (Phi) is 4.16. The molecule has 5 heteroatoms. The normalized spacial score (nSPS) is 9.56. The molecule has 90 valence electrons. The van der Waals surface area contributed by atoms with Crippen LogP contribution in [0.2, 0.25) is 0 Å². The molecule has 18 heavy (non-hydrogen) atoms. The largest absolute Gasteiger partial charge is 0.493 e. The van der Waals surface area contributed by atoms with E-state index >= 15 is 0 Å². The minimum atomic E-state index is 0.495. The highest BCUT2D eigenvalue weighted by Crippen LogP contribution is 2.26. The summed E-state index contributed by atoms with van der Waals surface area (Å²) in [5.74, 6) is 0.589. The Morgan fingerprint density at radius 3 is 2.78 bits per heavy atom. The van der Waals surface area contributed by atoms with Crippen molar-refractivity contribution in [3.63, 3.8) is 0 Å². The summed E-state index contributed by atoms with van der Waals surface area (Å²) >= 11 is 0. The van der Waals surface area contributed by atoms with Gasteiger partial charge in [0, 0.05) is 23.2 Å². The minimum absolute atomic E-state index is 0.495. The second kappa shape index (κ2) is 6.27. The highest BCUT2D eigenvalue weighted by atomic mass is 16.5. The number of nitrogens with zero attached hydrogens (tertiary/aromatic N) is 4. The van der Waals surface area contributed by atoms with Crippen molar-refractivity contribution in [2.45, 2.75) is 6.42 Å². The van der Waals surface area contributed by atoms with Gasteiger partial charge in [-0.05, 0) is 29.8 Å². The molecule has 0 amide bonds. The Balaban J connectivity index is 1.96. The molecule has 2 aromatic rings. The van der Waals surface area contributed by atoms with E-state index in [4.69, 9.17) is 10.3 Å². The quantitative estimate of drug-likeness (QED) is 0.454. The fraction of sp³-hybridized carbons (Fsp3) is 0.154. The molecule has 0 aliphatic carbocycles. The van der Waals surface area contributed by atoms with Crippen LogP contribution in [0.25, 0.3) is 10.4 Å². The lowest BCUT2D eigenvalue weighted by atomic mass is 10.3. The van der Waals surface area contributed by atoms with E-state index in [1.54, 1.807) is 24.4 Å². The molecule has 0 N–H and O–H groups in total. The van der Waals surface area contributed by atoms with Gasteiger partial charge in [0.1, 0.15) is 5.75 Å². The first kappa shape index (κ1) is 12.0. The first-order valence-corrected chi connectivity index (χ1v) is 5.57. The number of azide groups is 1. The summed E-state index contributed by atoms with van der Waals surface area (Å²) in [6.45, 7) is 0.495. The summed E-state index contributed by atoms with van der Waals surface area (Å²) in [6.07, 6.45) is 2.47. The molecule has 0 saturated carbocycles. The van der Waals surface area contributed by atoms with Gasteiger partial charge in [-0.15, -0.1) is 0 Å². The van der Waals surface area contributed by atoms with Crippen LogP contribution in [0.4, 0.5) is 5.69 Å². The molecule has 0 spiro atoms. The van der Waals surface area contributed by atoms with Crippen LogP contribution in [0, 0.1) is 0 Å². The van der Waals surface area contributed by atoms with Gasteiger partial charge in [0.25, 0.3) is 0 Å². The monoisotopic (exact) mass is 240 g/mol. The molecule has 5 nitrogen and oxygen atoms in total. The highest BCUT2D eigenvalue weighted by molar-refractivity contribution is 5.51. The van der Waals surface area contributed by atoms with Gasteiger partial charge in [0.05, 0.1) is 12.3 Å². The van der Waals surface area contributed by atoms with Crippen molar-refractivity contribution in [3.8, 4) is 5.75 Å². The van der Waals surface area contributed by atoms with E-state index < -0.39 is 0 Å². The van der Waals surface area contributed by atoms with E-state index in [0.717, 1.165) is 5.69 Å². The number of hydrogen-bond donors (Lipinski definition) is 0. The van der Waals surface area contributed by atoms with Crippen molar-refractivity contribution >= 4 is 5.69 Å². The van der Waals surface area contributed by atoms with E-state index in [1.165, 1.54) is 0 Å². The molecule has 0 fully saturated rings. The number of ether oxygens (including phenoxy) is 1. The van der Waals surface area contributed by atoms with Crippen LogP contribution in [-0.2, 0) is 6.42 Å². The van der Waals surface area contributed by atoms with Crippen molar-refractivity contribution in [1.29, 1.82) is 0 Å². The standard InChI is InChI=1S/C13H12N4O/c14-17-16-12-6-1-2-7-13(12)18-10-8-11-5-3-4-9-15-11/h1-7,9H,8,10H2. The van der Waals surface area contributed by atoms with Gasteiger partial charge in [-0.3, -0.25) is 4.98 Å². The van der Waals surface area contributed by atoms with E-state index in [2.05, 4.69) is 15.0 Å². The predicted octanol–water partition coefficient (Wildman–Crippen LogP) is 3.64. The second-order valence-corrected chi connectivity index (χ2v) is 3.58. The number of para-hydroxylation sites is 1. The van der Waals surface area contributed by atoms with Gasteiger partial charge in [-0.1, -0.05) is 23.3 Å². The maximum Gasteiger partial charge on any atom is 0.128 e. The van der Waals surface area contributed by atoms with Crippen LogP contribution < -0.4 is 4.74 Å². The third-order valence-corrected chi connectivity index (χ3v) is 2.36. The summed E-state index contributed by atoms with van der Waals surface area (Å²) in [5, 5.41) is 3.57. The van der Waals surface area contributed by atoms with Crippen molar-refractivity contribution in [2.24, 2.45) is 5.11 Å². The minimum Gasteiger partial charge on any atom is -0.493 e. The van der Waals surface area contributed by atoms with E-state index in [0.29, 0.717) is 24.5 Å². The fourth-order valence-electron chi connectivity index (χ4n) is 1.52. The molecule has 1 heterocycles. The first-order valence-electron chi connectivity index (χ1n) is 5.57. The molecule has 0 radical (unpaired) electrons. The number of pyridine rings is 1. The number of benzene rings is 1. The van der Waals surface area contributed by atoms with Gasteiger partial charge >= 0.3 is 0 Å². The SMILES string of the molecule is [N-]=[N+]=Nc1ccccc1OCCc1ccccn1. The summed E-state index contributed by atoms with van der Waals surface area (Å²) < 4.78 is 5.59. The summed E-state index contributed by atoms with van der Waals surface area (Å²) in [7, 11) is 0. The van der Waals surface area contributed by atoms with Gasteiger partial charge in [0.2, 0.25) is 0 Å². The number of aromatic nitrogens is 1. The van der Waals surface area contributed by atoms with E-state index in [9.17, 15) is 0 Å². The summed E-state index contributed by atoms with van der Waals surface area (Å²) in [4.78, 5) is 6.97. The van der Waals surface area contributed by atoms with Crippen molar-refractivity contribution in [2.75, 3.05) is 6.61 Å². The zero-order valence-electron chi connectivity index (χ0n) is 9.73. The van der Waals surface area contributed by atoms with Crippen LogP contribution in [0.1, 0.15) is 5.69 Å². The van der Waals surface area contributed by atoms with Crippen LogP contribution in [0.15, 0.2) is 53.8 Å². The maximum atomic E-state index is 8.44. The fourth-order valence-corrected chi connectivity index (χ4v) is 1.52. The lowest BCUT2D eigenvalue weighted by Gasteiger charge is -2.07. The molecule has 0 saturated heterocycles. The topological polar surface area (TPSA) is 70.9 Å². The smallest absolute Gasteiger partial charge is 0.128 e. The third kappa shape index (κ3) is 3.23. The van der Waals surface area contributed by atoms with Crippen molar-refractivity contribution in [1.82, 2.24) is 4.98 Å². The highest BCUT2D eigenvalue weighted by Gasteiger charge is 2.00. The lowest BCUT2D eigenvalue weighted by Crippen LogP contribution is -2.02. The molecular weight excluding hydrogens is 228 g/mol. The van der Waals surface area contributed by atoms with Crippen LogP contribution >= 0.6 is 0 Å². The summed E-state index contributed by atoms with van der Waals surface area (Å²) in [5.41, 5.74) is 9.91. The molecule has 0 atom stereocenters. The molecule has 0 aliphatic rings. The molecule has 1 aromatic carbocycles. The molecule has 2 rings (SSSR count). The predicted molar refractivity (Wildman–Crippen MR) is 68.7 cm³/mol. The third-order valence-electron chi connectivity index (χ3n) is 2.36. The van der Waals surface area contributed by atoms with Crippen LogP contribution in [0.3, 0.4) is 0 Å². The van der Waals surface area contributed by atoms with Crippen molar-refractivity contribution in [3.05, 3.63) is 64.8 Å². The Labute approximate surface area is 105 Å². The maximum absolute atomic E-state index is 8.44. The second-order valence-electron chi connectivity index (χ2n) is 3.58. The Hall–Kier alpha value is -2.52. The Morgan fingerprint density at radius 1 is 1.17 bits per heavy atom. The first-order chi connectivity index (χ1) is 8.90. The zero-order chi connectivity index (χ0) is 12.6. The molecular formula is C13H12N4O. The van der Waals surface area contributed by atoms with Crippen LogP contribution in [0.5, 0.6) is 5.75 Å². The zero-order valence-corrected chi connectivity index (χ0v) is 9.73. The average Bonchev–Trinajstić information content (AvgIpc) is 2.42. The summed E-state index contributed by atoms with van der Waals surface area (Å²) in [6, 6.07) is 12.9. The Morgan fingerprint density at radius 2 is 2.00 bits per heavy atom. The molecule has 0 aliphatic heterocycles. The van der Waals surface area contributed by atoms with Gasteiger partial charge in [-0.25, -0.2) is 0 Å². The van der Waals surface area contributed by atoms with Gasteiger partial charge < -0.3 is 4.74 Å². The number of rotatable bonds is 5. The van der Waals surface area contributed by atoms with E-state index in [-0.39, 0.29) is 0 Å². The van der Waals surface area contributed by atoms with Crippen molar-refractivity contribution < 1.29 is 4.74 Å². The van der Waals surface area contributed by atoms with Gasteiger partial charge in [0.15, 0.2) is 0 Å². The van der Waals surface area contributed by atoms with Crippen LogP contribution in [-0.4, -0.2) is 11.6 Å². The average molecular weight is 240 g/mol.